The molecule has 0 aromatic heterocycles. The van der Waals surface area contributed by atoms with Gasteiger partial charge in [-0.05, 0) is 24.6 Å². The molecule has 13 heavy (non-hydrogen) atoms. The van der Waals surface area contributed by atoms with Gasteiger partial charge in [0.05, 0.1) is 0 Å². The second-order valence-electron chi connectivity index (χ2n) is 2.27. The van der Waals surface area contributed by atoms with Crippen molar-refractivity contribution in [2.24, 2.45) is 5.73 Å². The number of rotatable bonds is 2. The second-order valence-corrected chi connectivity index (χ2v) is 2.27. The maximum Gasteiger partial charge on any atom is 0.129 e. The minimum absolute atomic E-state index is 0.378. The van der Waals surface area contributed by atoms with Crippen molar-refractivity contribution in [3.63, 3.8) is 0 Å². The van der Waals surface area contributed by atoms with Gasteiger partial charge in [-0.3, -0.25) is 0 Å². The molecule has 3 heteroatoms. The topological polar surface area (TPSA) is 26.0 Å². The highest BCUT2D eigenvalue weighted by Gasteiger charge is 2.01. The van der Waals surface area contributed by atoms with Gasteiger partial charge < -0.3 is 5.73 Å². The molecule has 0 atom stereocenters. The molecule has 74 valence electrons. The van der Waals surface area contributed by atoms with Crippen LogP contribution in [0, 0.1) is 11.6 Å². The Labute approximate surface area is 77.6 Å². The van der Waals surface area contributed by atoms with E-state index in [9.17, 15) is 8.78 Å². The van der Waals surface area contributed by atoms with Gasteiger partial charge in [0.25, 0.3) is 0 Å². The zero-order valence-corrected chi connectivity index (χ0v) is 7.98. The first-order valence-corrected chi connectivity index (χ1v) is 4.38. The van der Waals surface area contributed by atoms with Crippen molar-refractivity contribution in [1.29, 1.82) is 0 Å². The summed E-state index contributed by atoms with van der Waals surface area (Å²) < 4.78 is 25.1. The van der Waals surface area contributed by atoms with Crippen molar-refractivity contribution < 1.29 is 8.78 Å². The monoisotopic (exact) mass is 187 g/mol. The Balaban J connectivity index is 0.000000671. The van der Waals surface area contributed by atoms with Crippen LogP contribution in [0.2, 0.25) is 0 Å². The molecule has 1 rings (SSSR count). The van der Waals surface area contributed by atoms with Gasteiger partial charge in [0.15, 0.2) is 0 Å². The van der Waals surface area contributed by atoms with Crippen molar-refractivity contribution in [2.75, 3.05) is 6.54 Å². The lowest BCUT2D eigenvalue weighted by atomic mass is 10.1. The van der Waals surface area contributed by atoms with E-state index in [1.54, 1.807) is 0 Å². The molecule has 0 amide bonds. The number of halogens is 2. The molecule has 0 heterocycles. The Morgan fingerprint density at radius 3 is 2.31 bits per heavy atom. The summed E-state index contributed by atoms with van der Waals surface area (Å²) in [6.07, 6.45) is 0.451. The lowest BCUT2D eigenvalue weighted by Crippen LogP contribution is -2.04. The van der Waals surface area contributed by atoms with E-state index in [-0.39, 0.29) is 0 Å². The summed E-state index contributed by atoms with van der Waals surface area (Å²) >= 11 is 0. The van der Waals surface area contributed by atoms with Crippen molar-refractivity contribution >= 4 is 0 Å². The summed E-state index contributed by atoms with van der Waals surface area (Å²) in [7, 11) is 0. The van der Waals surface area contributed by atoms with Gasteiger partial charge in [-0.1, -0.05) is 19.9 Å². The number of hydrogen-bond acceptors (Lipinski definition) is 1. The highest BCUT2D eigenvalue weighted by atomic mass is 19.1. The molecule has 0 spiro atoms. The third-order valence-electron chi connectivity index (χ3n) is 1.43. The molecule has 0 aliphatic heterocycles. The van der Waals surface area contributed by atoms with Gasteiger partial charge in [-0.2, -0.15) is 0 Å². The molecule has 2 N–H and O–H groups in total. The minimum atomic E-state index is -0.553. The molecular formula is C10H15F2N. The van der Waals surface area contributed by atoms with Gasteiger partial charge in [-0.25, -0.2) is 8.78 Å². The summed E-state index contributed by atoms with van der Waals surface area (Å²) in [5.74, 6) is -1.07. The molecule has 0 unspecified atom stereocenters. The minimum Gasteiger partial charge on any atom is -0.330 e. The first-order valence-electron chi connectivity index (χ1n) is 4.38. The number of nitrogens with two attached hydrogens (primary N) is 1. The second kappa shape index (κ2) is 6.54. The van der Waals surface area contributed by atoms with E-state index in [2.05, 4.69) is 0 Å². The zero-order chi connectivity index (χ0) is 10.3. The summed E-state index contributed by atoms with van der Waals surface area (Å²) in [4.78, 5) is 0. The quantitative estimate of drug-likeness (QED) is 0.756. The first-order chi connectivity index (χ1) is 6.24. The van der Waals surface area contributed by atoms with Crippen LogP contribution in [0.1, 0.15) is 19.4 Å². The largest absolute Gasteiger partial charge is 0.330 e. The fraction of sp³-hybridized carbons (Fsp3) is 0.400. The van der Waals surface area contributed by atoms with E-state index < -0.39 is 11.6 Å². The average molecular weight is 187 g/mol. The van der Waals surface area contributed by atoms with Crippen LogP contribution >= 0.6 is 0 Å². The summed E-state index contributed by atoms with van der Waals surface area (Å²) in [5, 5.41) is 0. The SMILES string of the molecule is CC.NCCc1ccc(F)cc1F. The summed E-state index contributed by atoms with van der Waals surface area (Å²) in [6.45, 7) is 4.38. The van der Waals surface area contributed by atoms with Crippen molar-refractivity contribution in [3.8, 4) is 0 Å². The lowest BCUT2D eigenvalue weighted by Gasteiger charge is -1.99. The predicted octanol–water partition coefficient (Wildman–Crippen LogP) is 2.49. The summed E-state index contributed by atoms with van der Waals surface area (Å²) in [5.41, 5.74) is 5.67. The molecule has 0 aliphatic rings. The number of hydrogen-bond donors (Lipinski definition) is 1. The molecule has 1 aromatic rings. The molecule has 0 saturated carbocycles. The molecule has 0 aliphatic carbocycles. The van der Waals surface area contributed by atoms with E-state index in [1.165, 1.54) is 12.1 Å². The van der Waals surface area contributed by atoms with Crippen LogP contribution in [0.5, 0.6) is 0 Å². The van der Waals surface area contributed by atoms with Crippen molar-refractivity contribution in [1.82, 2.24) is 0 Å². The maximum atomic E-state index is 12.7. The van der Waals surface area contributed by atoms with Crippen LogP contribution in [0.4, 0.5) is 8.78 Å². The van der Waals surface area contributed by atoms with E-state index in [1.807, 2.05) is 13.8 Å². The van der Waals surface area contributed by atoms with Gasteiger partial charge in [0.2, 0.25) is 0 Å². The molecule has 0 bridgehead atoms. The van der Waals surface area contributed by atoms with E-state index in [0.29, 0.717) is 18.5 Å². The van der Waals surface area contributed by atoms with Gasteiger partial charge in [-0.15, -0.1) is 0 Å². The maximum absolute atomic E-state index is 12.7. The molecule has 0 radical (unpaired) electrons. The fourth-order valence-electron chi connectivity index (χ4n) is 0.880. The third-order valence-corrected chi connectivity index (χ3v) is 1.43. The van der Waals surface area contributed by atoms with Crippen LogP contribution < -0.4 is 5.73 Å². The molecular weight excluding hydrogens is 172 g/mol. The normalized spacial score (nSPS) is 9.00. The molecule has 0 saturated heterocycles. The molecule has 0 fully saturated rings. The highest BCUT2D eigenvalue weighted by molar-refractivity contribution is 5.18. The van der Waals surface area contributed by atoms with Crippen LogP contribution in [0.3, 0.4) is 0 Å². The molecule has 1 aromatic carbocycles. The van der Waals surface area contributed by atoms with Crippen molar-refractivity contribution in [3.05, 3.63) is 35.4 Å². The first kappa shape index (κ1) is 12.0. The van der Waals surface area contributed by atoms with Gasteiger partial charge >= 0.3 is 0 Å². The van der Waals surface area contributed by atoms with Crippen LogP contribution in [0.25, 0.3) is 0 Å². The Morgan fingerprint density at radius 2 is 1.85 bits per heavy atom. The standard InChI is InChI=1S/C8H9F2N.C2H6/c9-7-2-1-6(3-4-11)8(10)5-7;1-2/h1-2,5H,3-4,11H2;1-2H3. The Morgan fingerprint density at radius 1 is 1.23 bits per heavy atom. The van der Waals surface area contributed by atoms with E-state index in [0.717, 1.165) is 6.07 Å². The smallest absolute Gasteiger partial charge is 0.129 e. The van der Waals surface area contributed by atoms with Crippen molar-refractivity contribution in [2.45, 2.75) is 20.3 Å². The Bertz CT molecular complexity index is 249. The fourth-order valence-corrected chi connectivity index (χ4v) is 0.880. The van der Waals surface area contributed by atoms with Crippen LogP contribution in [0.15, 0.2) is 18.2 Å². The van der Waals surface area contributed by atoms with Crippen LogP contribution in [-0.4, -0.2) is 6.54 Å². The number of benzene rings is 1. The van der Waals surface area contributed by atoms with E-state index >= 15 is 0 Å². The van der Waals surface area contributed by atoms with Crippen LogP contribution in [-0.2, 0) is 6.42 Å². The third kappa shape index (κ3) is 3.99. The highest BCUT2D eigenvalue weighted by Crippen LogP contribution is 2.08. The average Bonchev–Trinajstić information content (AvgIpc) is 2.14. The van der Waals surface area contributed by atoms with Gasteiger partial charge in [0, 0.05) is 6.07 Å². The van der Waals surface area contributed by atoms with E-state index in [4.69, 9.17) is 5.73 Å². The zero-order valence-electron chi connectivity index (χ0n) is 7.98. The van der Waals surface area contributed by atoms with Gasteiger partial charge in [0.1, 0.15) is 11.6 Å². The predicted molar refractivity (Wildman–Crippen MR) is 50.5 cm³/mol. The lowest BCUT2D eigenvalue weighted by molar-refractivity contribution is 0.572. The molecule has 1 nitrogen and oxygen atoms in total. The Kier molecular flexibility index (Phi) is 6.06. The summed E-state index contributed by atoms with van der Waals surface area (Å²) in [6, 6.07) is 3.51. The Hall–Kier alpha value is -0.960.